The van der Waals surface area contributed by atoms with Gasteiger partial charge >= 0.3 is 0 Å². The Labute approximate surface area is 117 Å². The zero-order chi connectivity index (χ0) is 13.9. The highest BCUT2D eigenvalue weighted by Gasteiger charge is 2.40. The zero-order valence-electron chi connectivity index (χ0n) is 12.6. The van der Waals surface area contributed by atoms with Crippen LogP contribution in [0.2, 0.25) is 0 Å². The third kappa shape index (κ3) is 3.31. The average Bonchev–Trinajstić information content (AvgIpc) is 2.31. The van der Waals surface area contributed by atoms with E-state index in [2.05, 4.69) is 12.2 Å². The lowest BCUT2D eigenvalue weighted by Crippen LogP contribution is -2.54. The lowest BCUT2D eigenvalue weighted by atomic mass is 9.66. The summed E-state index contributed by atoms with van der Waals surface area (Å²) in [5.41, 5.74) is 6.41. The molecule has 0 heterocycles. The molecule has 3 N–H and O–H groups in total. The maximum atomic E-state index is 12.4. The predicted molar refractivity (Wildman–Crippen MR) is 78.8 cm³/mol. The molecule has 0 aromatic heterocycles. The molecule has 110 valence electrons. The number of rotatable bonds is 5. The van der Waals surface area contributed by atoms with Crippen molar-refractivity contribution in [1.82, 2.24) is 5.32 Å². The van der Waals surface area contributed by atoms with Crippen molar-refractivity contribution in [2.24, 2.45) is 17.1 Å². The van der Waals surface area contributed by atoms with Crippen LogP contribution in [0.3, 0.4) is 0 Å². The van der Waals surface area contributed by atoms with Gasteiger partial charge in [0.25, 0.3) is 0 Å². The summed E-state index contributed by atoms with van der Waals surface area (Å²) in [7, 11) is 0. The van der Waals surface area contributed by atoms with Crippen LogP contribution in [0.25, 0.3) is 0 Å². The van der Waals surface area contributed by atoms with Gasteiger partial charge in [-0.2, -0.15) is 0 Å². The molecular formula is C16H30N2O. The molecule has 3 heteroatoms. The number of nitrogens with two attached hydrogens (primary N) is 1. The van der Waals surface area contributed by atoms with Gasteiger partial charge in [0.15, 0.2) is 0 Å². The molecule has 2 aliphatic rings. The summed E-state index contributed by atoms with van der Waals surface area (Å²) in [6, 6.07) is 0. The van der Waals surface area contributed by atoms with E-state index in [-0.39, 0.29) is 17.4 Å². The molecule has 1 amide bonds. The normalized spacial score (nSPS) is 33.5. The Bertz CT molecular complexity index is 321. The van der Waals surface area contributed by atoms with Gasteiger partial charge in [0, 0.05) is 12.1 Å². The van der Waals surface area contributed by atoms with Gasteiger partial charge in [0.05, 0.1) is 5.92 Å². The van der Waals surface area contributed by atoms with Crippen LogP contribution in [0.5, 0.6) is 0 Å². The largest absolute Gasteiger partial charge is 0.355 e. The lowest BCUT2D eigenvalue weighted by Gasteiger charge is -2.43. The fraction of sp³-hybridized carbons (Fsp3) is 0.938. The predicted octanol–water partition coefficient (Wildman–Crippen LogP) is 2.98. The lowest BCUT2D eigenvalue weighted by molar-refractivity contribution is -0.129. The highest BCUT2D eigenvalue weighted by Crippen LogP contribution is 2.44. The van der Waals surface area contributed by atoms with Crippen LogP contribution in [0.15, 0.2) is 0 Å². The summed E-state index contributed by atoms with van der Waals surface area (Å²) in [5, 5.41) is 3.22. The van der Waals surface area contributed by atoms with Crippen LogP contribution in [-0.4, -0.2) is 18.0 Å². The minimum absolute atomic E-state index is 0.0139. The Morgan fingerprint density at radius 1 is 1.26 bits per heavy atom. The summed E-state index contributed by atoms with van der Waals surface area (Å²) in [5.74, 6) is 0.215. The first kappa shape index (κ1) is 14.8. The molecule has 0 saturated heterocycles. The van der Waals surface area contributed by atoms with Crippen molar-refractivity contribution in [1.29, 1.82) is 0 Å². The van der Waals surface area contributed by atoms with Crippen LogP contribution in [0, 0.1) is 11.3 Å². The molecule has 0 aliphatic heterocycles. The van der Waals surface area contributed by atoms with Gasteiger partial charge < -0.3 is 11.1 Å². The number of hydrogen-bond acceptors (Lipinski definition) is 2. The minimum Gasteiger partial charge on any atom is -0.355 e. The summed E-state index contributed by atoms with van der Waals surface area (Å²) in [4.78, 5) is 12.4. The van der Waals surface area contributed by atoms with Crippen LogP contribution >= 0.6 is 0 Å². The second-order valence-electron chi connectivity index (χ2n) is 7.13. The fourth-order valence-corrected chi connectivity index (χ4v) is 3.91. The van der Waals surface area contributed by atoms with Gasteiger partial charge in [-0.05, 0) is 44.4 Å². The molecule has 0 aromatic rings. The number of nitrogens with one attached hydrogen (secondary N) is 1. The van der Waals surface area contributed by atoms with Gasteiger partial charge in [0.2, 0.25) is 5.91 Å². The second-order valence-corrected chi connectivity index (χ2v) is 7.13. The van der Waals surface area contributed by atoms with Gasteiger partial charge in [-0.25, -0.2) is 0 Å². The van der Waals surface area contributed by atoms with Crippen molar-refractivity contribution in [2.45, 2.75) is 77.2 Å². The molecule has 0 radical (unpaired) electrons. The Hall–Kier alpha value is -0.570. The number of hydrogen-bond donors (Lipinski definition) is 2. The summed E-state index contributed by atoms with van der Waals surface area (Å²) in [6.07, 6.45) is 10.6. The van der Waals surface area contributed by atoms with Gasteiger partial charge in [-0.1, -0.05) is 32.6 Å². The fourth-order valence-electron chi connectivity index (χ4n) is 3.91. The molecule has 3 nitrogen and oxygen atoms in total. The molecule has 2 unspecified atom stereocenters. The molecule has 2 saturated carbocycles. The van der Waals surface area contributed by atoms with E-state index in [0.717, 1.165) is 32.2 Å². The molecule has 2 atom stereocenters. The minimum atomic E-state index is -0.306. The SMILES string of the molecule is CCCC1(CNC(=O)C2CCCCC2(C)N)CCC1. The van der Waals surface area contributed by atoms with Crippen molar-refractivity contribution < 1.29 is 4.79 Å². The quantitative estimate of drug-likeness (QED) is 0.803. The molecule has 0 aromatic carbocycles. The molecule has 2 fully saturated rings. The Morgan fingerprint density at radius 2 is 2.00 bits per heavy atom. The van der Waals surface area contributed by atoms with E-state index in [1.807, 2.05) is 6.92 Å². The maximum absolute atomic E-state index is 12.4. The molecule has 2 rings (SSSR count). The second kappa shape index (κ2) is 5.82. The van der Waals surface area contributed by atoms with Crippen LogP contribution in [0.1, 0.15) is 71.6 Å². The first-order valence-corrected chi connectivity index (χ1v) is 8.06. The van der Waals surface area contributed by atoms with Gasteiger partial charge in [-0.3, -0.25) is 4.79 Å². The number of amides is 1. The molecule has 0 spiro atoms. The van der Waals surface area contributed by atoms with Gasteiger partial charge in [0.1, 0.15) is 0 Å². The smallest absolute Gasteiger partial charge is 0.224 e. The number of carbonyl (C=O) groups is 1. The third-order valence-electron chi connectivity index (χ3n) is 5.40. The molecular weight excluding hydrogens is 236 g/mol. The first-order chi connectivity index (χ1) is 8.99. The Balaban J connectivity index is 1.86. The molecule has 19 heavy (non-hydrogen) atoms. The van der Waals surface area contributed by atoms with E-state index >= 15 is 0 Å². The van der Waals surface area contributed by atoms with Crippen molar-refractivity contribution >= 4 is 5.91 Å². The van der Waals surface area contributed by atoms with E-state index in [9.17, 15) is 4.79 Å². The highest BCUT2D eigenvalue weighted by atomic mass is 16.1. The summed E-state index contributed by atoms with van der Waals surface area (Å²) in [6.45, 7) is 5.15. The number of carbonyl (C=O) groups excluding carboxylic acids is 1. The molecule has 0 bridgehead atoms. The van der Waals surface area contributed by atoms with E-state index < -0.39 is 0 Å². The maximum Gasteiger partial charge on any atom is 0.224 e. The van der Waals surface area contributed by atoms with E-state index in [4.69, 9.17) is 5.73 Å². The standard InChI is InChI=1S/C16H30N2O/c1-3-8-16(10-6-11-16)12-18-14(19)13-7-4-5-9-15(13,2)17/h13H,3-12,17H2,1-2H3,(H,18,19). The monoisotopic (exact) mass is 266 g/mol. The van der Waals surface area contributed by atoms with Crippen molar-refractivity contribution in [3.05, 3.63) is 0 Å². The van der Waals surface area contributed by atoms with Crippen LogP contribution in [0.4, 0.5) is 0 Å². The van der Waals surface area contributed by atoms with E-state index in [1.54, 1.807) is 0 Å². The van der Waals surface area contributed by atoms with Crippen molar-refractivity contribution in [3.63, 3.8) is 0 Å². The Kier molecular flexibility index (Phi) is 4.54. The zero-order valence-corrected chi connectivity index (χ0v) is 12.6. The average molecular weight is 266 g/mol. The van der Waals surface area contributed by atoms with Gasteiger partial charge in [-0.15, -0.1) is 0 Å². The first-order valence-electron chi connectivity index (χ1n) is 8.06. The van der Waals surface area contributed by atoms with E-state index in [0.29, 0.717) is 5.41 Å². The van der Waals surface area contributed by atoms with Crippen molar-refractivity contribution in [2.75, 3.05) is 6.54 Å². The van der Waals surface area contributed by atoms with E-state index in [1.165, 1.54) is 32.1 Å². The third-order valence-corrected chi connectivity index (χ3v) is 5.40. The molecule has 2 aliphatic carbocycles. The highest BCUT2D eigenvalue weighted by molar-refractivity contribution is 5.80. The van der Waals surface area contributed by atoms with Crippen LogP contribution in [-0.2, 0) is 4.79 Å². The summed E-state index contributed by atoms with van der Waals surface area (Å²) >= 11 is 0. The topological polar surface area (TPSA) is 55.1 Å². The van der Waals surface area contributed by atoms with Crippen LogP contribution < -0.4 is 11.1 Å². The Morgan fingerprint density at radius 3 is 2.53 bits per heavy atom. The van der Waals surface area contributed by atoms with Crippen molar-refractivity contribution in [3.8, 4) is 0 Å². The summed E-state index contributed by atoms with van der Waals surface area (Å²) < 4.78 is 0.